The van der Waals surface area contributed by atoms with Crippen molar-refractivity contribution in [1.29, 1.82) is 0 Å². The molecular weight excluding hydrogens is 296 g/mol. The van der Waals surface area contributed by atoms with Crippen LogP contribution in [-0.4, -0.2) is 6.03 Å². The van der Waals surface area contributed by atoms with E-state index in [0.29, 0.717) is 17.5 Å². The number of carbonyl (C=O) groups excluding carboxylic acids is 1. The maximum Gasteiger partial charge on any atom is 0.315 e. The maximum atomic E-state index is 12.2. The van der Waals surface area contributed by atoms with Crippen molar-refractivity contribution in [3.63, 3.8) is 0 Å². The predicted octanol–water partition coefficient (Wildman–Crippen LogP) is 4.29. The van der Waals surface area contributed by atoms with Crippen molar-refractivity contribution in [2.45, 2.75) is 25.4 Å². The number of nitrogens with one attached hydrogen (secondary N) is 2. The molecular formula is C18H19ClN2O. The molecule has 1 atom stereocenters. The van der Waals surface area contributed by atoms with E-state index in [2.05, 4.69) is 10.6 Å². The fraction of sp³-hybridized carbons (Fsp3) is 0.278. The Hall–Kier alpha value is -2.00. The van der Waals surface area contributed by atoms with E-state index in [4.69, 9.17) is 11.6 Å². The van der Waals surface area contributed by atoms with Crippen LogP contribution in [0.5, 0.6) is 0 Å². The zero-order chi connectivity index (χ0) is 15.4. The summed E-state index contributed by atoms with van der Waals surface area (Å²) in [5, 5.41) is 6.72. The Labute approximate surface area is 135 Å². The maximum absolute atomic E-state index is 12.2. The molecule has 1 fully saturated rings. The van der Waals surface area contributed by atoms with E-state index >= 15 is 0 Å². The molecule has 0 radical (unpaired) electrons. The molecule has 114 valence electrons. The lowest BCUT2D eigenvalue weighted by molar-refractivity contribution is 0.235. The Balaban J connectivity index is 1.59. The minimum Gasteiger partial charge on any atom is -0.334 e. The summed E-state index contributed by atoms with van der Waals surface area (Å²) in [6, 6.07) is 17.6. The van der Waals surface area contributed by atoms with E-state index < -0.39 is 0 Å². The average Bonchev–Trinajstić information content (AvgIpc) is 3.37. The van der Waals surface area contributed by atoms with Gasteiger partial charge in [-0.1, -0.05) is 54.1 Å². The third kappa shape index (κ3) is 4.01. The van der Waals surface area contributed by atoms with Crippen LogP contribution >= 0.6 is 11.6 Å². The normalized spacial score (nSPS) is 15.1. The minimum absolute atomic E-state index is 0.0630. The molecule has 0 heterocycles. The highest BCUT2D eigenvalue weighted by Crippen LogP contribution is 2.41. The van der Waals surface area contributed by atoms with Gasteiger partial charge in [0, 0.05) is 11.6 Å². The van der Waals surface area contributed by atoms with E-state index in [1.807, 2.05) is 54.6 Å². The van der Waals surface area contributed by atoms with Crippen molar-refractivity contribution in [3.05, 3.63) is 70.7 Å². The molecule has 2 aromatic rings. The highest BCUT2D eigenvalue weighted by atomic mass is 35.5. The van der Waals surface area contributed by atoms with Crippen molar-refractivity contribution < 1.29 is 4.79 Å². The predicted molar refractivity (Wildman–Crippen MR) is 88.7 cm³/mol. The molecule has 1 unspecified atom stereocenters. The second-order valence-electron chi connectivity index (χ2n) is 5.68. The van der Waals surface area contributed by atoms with Crippen molar-refractivity contribution in [3.8, 4) is 0 Å². The first-order chi connectivity index (χ1) is 10.7. The van der Waals surface area contributed by atoms with Crippen LogP contribution in [0.2, 0.25) is 5.02 Å². The largest absolute Gasteiger partial charge is 0.334 e. The molecule has 3 nitrogen and oxygen atoms in total. The summed E-state index contributed by atoms with van der Waals surface area (Å²) < 4.78 is 0. The van der Waals surface area contributed by atoms with Crippen molar-refractivity contribution in [2.24, 2.45) is 5.92 Å². The summed E-state index contributed by atoms with van der Waals surface area (Å²) in [4.78, 5) is 12.2. The van der Waals surface area contributed by atoms with Crippen LogP contribution in [0, 0.1) is 5.92 Å². The highest BCUT2D eigenvalue weighted by molar-refractivity contribution is 6.30. The molecule has 0 spiro atoms. The van der Waals surface area contributed by atoms with Gasteiger partial charge in [0.15, 0.2) is 0 Å². The van der Waals surface area contributed by atoms with E-state index in [0.717, 1.165) is 24.0 Å². The molecule has 1 aliphatic rings. The lowest BCUT2D eigenvalue weighted by Gasteiger charge is -2.19. The number of urea groups is 1. The van der Waals surface area contributed by atoms with Gasteiger partial charge in [-0.15, -0.1) is 0 Å². The quantitative estimate of drug-likeness (QED) is 0.849. The number of amides is 2. The van der Waals surface area contributed by atoms with Gasteiger partial charge in [0.1, 0.15) is 0 Å². The standard InChI is InChI=1S/C18H19ClN2O/c19-16-10-8-15(9-11-16)17(14-6-7-14)21-18(22)20-12-13-4-2-1-3-5-13/h1-5,8-11,14,17H,6-7,12H2,(H2,20,21,22). The SMILES string of the molecule is O=C(NCc1ccccc1)NC(c1ccc(Cl)cc1)C1CC1. The topological polar surface area (TPSA) is 41.1 Å². The third-order valence-electron chi connectivity index (χ3n) is 3.91. The van der Waals surface area contributed by atoms with Gasteiger partial charge in [-0.3, -0.25) is 0 Å². The summed E-state index contributed by atoms with van der Waals surface area (Å²) in [5.41, 5.74) is 2.20. The number of hydrogen-bond acceptors (Lipinski definition) is 1. The Bertz CT molecular complexity index is 623. The van der Waals surface area contributed by atoms with E-state index in [1.54, 1.807) is 0 Å². The summed E-state index contributed by atoms with van der Waals surface area (Å²) in [6.07, 6.45) is 2.32. The summed E-state index contributed by atoms with van der Waals surface area (Å²) in [6.45, 7) is 0.532. The van der Waals surface area contributed by atoms with Gasteiger partial charge in [-0.25, -0.2) is 4.79 Å². The average molecular weight is 315 g/mol. The monoisotopic (exact) mass is 314 g/mol. The second-order valence-corrected chi connectivity index (χ2v) is 6.12. The molecule has 22 heavy (non-hydrogen) atoms. The smallest absolute Gasteiger partial charge is 0.315 e. The molecule has 2 amide bonds. The molecule has 4 heteroatoms. The van der Waals surface area contributed by atoms with E-state index in [-0.39, 0.29) is 12.1 Å². The Morgan fingerprint density at radius 1 is 1.09 bits per heavy atom. The lowest BCUT2D eigenvalue weighted by Crippen LogP contribution is -2.38. The van der Waals surface area contributed by atoms with E-state index in [1.165, 1.54) is 0 Å². The van der Waals surface area contributed by atoms with E-state index in [9.17, 15) is 4.79 Å². The first-order valence-electron chi connectivity index (χ1n) is 7.56. The third-order valence-corrected chi connectivity index (χ3v) is 4.16. The number of benzene rings is 2. The summed E-state index contributed by atoms with van der Waals surface area (Å²) in [5.74, 6) is 0.531. The molecule has 0 saturated heterocycles. The van der Waals surface area contributed by atoms with Crippen molar-refractivity contribution in [1.82, 2.24) is 10.6 Å². The first kappa shape index (κ1) is 14.9. The first-order valence-corrected chi connectivity index (χ1v) is 7.94. The van der Waals surface area contributed by atoms with Gasteiger partial charge in [0.2, 0.25) is 0 Å². The van der Waals surface area contributed by atoms with Gasteiger partial charge < -0.3 is 10.6 Å². The van der Waals surface area contributed by atoms with Gasteiger partial charge in [-0.2, -0.15) is 0 Å². The zero-order valence-corrected chi connectivity index (χ0v) is 13.0. The van der Waals surface area contributed by atoms with Crippen LogP contribution in [-0.2, 0) is 6.54 Å². The molecule has 1 aliphatic carbocycles. The Morgan fingerprint density at radius 2 is 1.77 bits per heavy atom. The number of hydrogen-bond donors (Lipinski definition) is 2. The molecule has 0 bridgehead atoms. The number of carbonyl (C=O) groups is 1. The second kappa shape index (κ2) is 6.84. The lowest BCUT2D eigenvalue weighted by atomic mass is 10.0. The summed E-state index contributed by atoms with van der Waals surface area (Å²) in [7, 11) is 0. The zero-order valence-electron chi connectivity index (χ0n) is 12.3. The van der Waals surface area contributed by atoms with Gasteiger partial charge in [-0.05, 0) is 42.0 Å². The van der Waals surface area contributed by atoms with Crippen LogP contribution in [0.15, 0.2) is 54.6 Å². The Kier molecular flexibility index (Phi) is 4.64. The van der Waals surface area contributed by atoms with Crippen LogP contribution in [0.3, 0.4) is 0 Å². The van der Waals surface area contributed by atoms with Crippen LogP contribution in [0.1, 0.15) is 30.0 Å². The van der Waals surface area contributed by atoms with Crippen LogP contribution in [0.4, 0.5) is 4.79 Å². The fourth-order valence-electron chi connectivity index (χ4n) is 2.54. The van der Waals surface area contributed by atoms with Gasteiger partial charge in [0.05, 0.1) is 6.04 Å². The molecule has 1 saturated carbocycles. The number of rotatable bonds is 5. The molecule has 3 rings (SSSR count). The van der Waals surface area contributed by atoms with Crippen LogP contribution in [0.25, 0.3) is 0 Å². The molecule has 2 aromatic carbocycles. The summed E-state index contributed by atoms with van der Waals surface area (Å²) >= 11 is 5.94. The van der Waals surface area contributed by atoms with Gasteiger partial charge >= 0.3 is 6.03 Å². The highest BCUT2D eigenvalue weighted by Gasteiger charge is 2.33. The Morgan fingerprint density at radius 3 is 2.41 bits per heavy atom. The van der Waals surface area contributed by atoms with Gasteiger partial charge in [0.25, 0.3) is 0 Å². The molecule has 2 N–H and O–H groups in total. The molecule has 0 aliphatic heterocycles. The minimum atomic E-state index is -0.129. The number of halogens is 1. The van der Waals surface area contributed by atoms with Crippen molar-refractivity contribution in [2.75, 3.05) is 0 Å². The fourth-order valence-corrected chi connectivity index (χ4v) is 2.67. The van der Waals surface area contributed by atoms with Crippen molar-refractivity contribution >= 4 is 17.6 Å². The molecule has 0 aromatic heterocycles. The van der Waals surface area contributed by atoms with Crippen LogP contribution < -0.4 is 10.6 Å².